The summed E-state index contributed by atoms with van der Waals surface area (Å²) in [6.45, 7) is 5.23. The van der Waals surface area contributed by atoms with E-state index in [4.69, 9.17) is 4.98 Å². The first-order chi connectivity index (χ1) is 9.81. The number of rotatable bonds is 3. The molecule has 0 spiro atoms. The van der Waals surface area contributed by atoms with Crippen molar-refractivity contribution < 1.29 is 0 Å². The number of aromatic nitrogens is 2. The van der Waals surface area contributed by atoms with Gasteiger partial charge >= 0.3 is 0 Å². The van der Waals surface area contributed by atoms with Crippen molar-refractivity contribution in [2.75, 3.05) is 0 Å². The maximum absolute atomic E-state index is 4.88. The Labute approximate surface area is 119 Å². The van der Waals surface area contributed by atoms with E-state index in [-0.39, 0.29) is 0 Å². The summed E-state index contributed by atoms with van der Waals surface area (Å²) in [5.41, 5.74) is 4.64. The standard InChI is InChI=1S/C18H18N2/c1-3-20-14(2)17(15-10-6-4-7-11-15)19-18(20)16-12-8-5-9-13-16/h4-13H,3H2,1-2H3. The van der Waals surface area contributed by atoms with Crippen LogP contribution in [0.2, 0.25) is 0 Å². The fourth-order valence-electron chi connectivity index (χ4n) is 2.60. The molecule has 1 aromatic heterocycles. The molecule has 20 heavy (non-hydrogen) atoms. The predicted molar refractivity (Wildman–Crippen MR) is 83.5 cm³/mol. The van der Waals surface area contributed by atoms with Crippen LogP contribution in [0.25, 0.3) is 22.6 Å². The van der Waals surface area contributed by atoms with Crippen LogP contribution in [0, 0.1) is 6.92 Å². The number of hydrogen-bond acceptors (Lipinski definition) is 1. The van der Waals surface area contributed by atoms with Crippen LogP contribution in [0.1, 0.15) is 12.6 Å². The lowest BCUT2D eigenvalue weighted by atomic mass is 10.1. The number of imidazole rings is 1. The van der Waals surface area contributed by atoms with Crippen LogP contribution >= 0.6 is 0 Å². The fraction of sp³-hybridized carbons (Fsp3) is 0.167. The Bertz CT molecular complexity index is 697. The third kappa shape index (κ3) is 2.14. The summed E-state index contributed by atoms with van der Waals surface area (Å²) in [5.74, 6) is 1.05. The van der Waals surface area contributed by atoms with E-state index in [9.17, 15) is 0 Å². The monoisotopic (exact) mass is 262 g/mol. The van der Waals surface area contributed by atoms with E-state index in [1.54, 1.807) is 0 Å². The number of nitrogens with zero attached hydrogens (tertiary/aromatic N) is 2. The van der Waals surface area contributed by atoms with Crippen LogP contribution in [0.3, 0.4) is 0 Å². The summed E-state index contributed by atoms with van der Waals surface area (Å²) >= 11 is 0. The average molecular weight is 262 g/mol. The van der Waals surface area contributed by atoms with Crippen molar-refractivity contribution in [1.82, 2.24) is 9.55 Å². The Morgan fingerprint density at radius 1 is 0.850 bits per heavy atom. The molecule has 0 N–H and O–H groups in total. The van der Waals surface area contributed by atoms with Gasteiger partial charge in [-0.1, -0.05) is 60.7 Å². The maximum atomic E-state index is 4.88. The van der Waals surface area contributed by atoms with Crippen LogP contribution < -0.4 is 0 Å². The lowest BCUT2D eigenvalue weighted by molar-refractivity contribution is 0.746. The van der Waals surface area contributed by atoms with E-state index in [1.165, 1.54) is 16.8 Å². The third-order valence-electron chi connectivity index (χ3n) is 3.62. The SMILES string of the molecule is CCn1c(-c2ccccc2)nc(-c2ccccc2)c1C. The molecule has 2 nitrogen and oxygen atoms in total. The van der Waals surface area contributed by atoms with Gasteiger partial charge < -0.3 is 4.57 Å². The molecule has 0 saturated carbocycles. The van der Waals surface area contributed by atoms with Gasteiger partial charge in [0.05, 0.1) is 5.69 Å². The fourth-order valence-corrected chi connectivity index (χ4v) is 2.60. The largest absolute Gasteiger partial charge is 0.328 e. The smallest absolute Gasteiger partial charge is 0.140 e. The summed E-state index contributed by atoms with van der Waals surface area (Å²) in [6, 6.07) is 20.8. The number of hydrogen-bond donors (Lipinski definition) is 0. The van der Waals surface area contributed by atoms with Crippen molar-refractivity contribution in [3.8, 4) is 22.6 Å². The highest BCUT2D eigenvalue weighted by Crippen LogP contribution is 2.28. The summed E-state index contributed by atoms with van der Waals surface area (Å²) in [5, 5.41) is 0. The average Bonchev–Trinajstić information content (AvgIpc) is 2.86. The Kier molecular flexibility index (Phi) is 3.38. The van der Waals surface area contributed by atoms with Gasteiger partial charge in [-0.3, -0.25) is 0 Å². The van der Waals surface area contributed by atoms with Crippen molar-refractivity contribution in [2.45, 2.75) is 20.4 Å². The molecule has 0 unspecified atom stereocenters. The Morgan fingerprint density at radius 3 is 1.95 bits per heavy atom. The normalized spacial score (nSPS) is 10.7. The highest BCUT2D eigenvalue weighted by molar-refractivity contribution is 5.68. The van der Waals surface area contributed by atoms with Gasteiger partial charge in [-0.2, -0.15) is 0 Å². The molecule has 0 aliphatic heterocycles. The molecule has 2 heteroatoms. The van der Waals surface area contributed by atoms with Crippen LogP contribution in [0.5, 0.6) is 0 Å². The van der Waals surface area contributed by atoms with Crippen molar-refractivity contribution >= 4 is 0 Å². The van der Waals surface area contributed by atoms with Crippen molar-refractivity contribution in [1.29, 1.82) is 0 Å². The molecule has 3 aromatic rings. The second-order valence-electron chi connectivity index (χ2n) is 4.85. The van der Waals surface area contributed by atoms with Crippen LogP contribution in [0.4, 0.5) is 0 Å². The van der Waals surface area contributed by atoms with E-state index < -0.39 is 0 Å². The molecule has 2 aromatic carbocycles. The van der Waals surface area contributed by atoms with Gasteiger partial charge in [-0.15, -0.1) is 0 Å². The molecule has 0 bridgehead atoms. The molecule has 3 rings (SSSR count). The van der Waals surface area contributed by atoms with Gasteiger partial charge in [-0.25, -0.2) is 4.98 Å². The van der Waals surface area contributed by atoms with Gasteiger partial charge in [0.15, 0.2) is 0 Å². The Balaban J connectivity index is 2.18. The van der Waals surface area contributed by atoms with Gasteiger partial charge in [0.25, 0.3) is 0 Å². The Morgan fingerprint density at radius 2 is 1.40 bits per heavy atom. The summed E-state index contributed by atoms with van der Waals surface area (Å²) in [6.07, 6.45) is 0. The molecular formula is C18H18N2. The summed E-state index contributed by atoms with van der Waals surface area (Å²) in [7, 11) is 0. The molecule has 0 fully saturated rings. The lowest BCUT2D eigenvalue weighted by Crippen LogP contribution is -1.99. The minimum Gasteiger partial charge on any atom is -0.328 e. The molecule has 1 heterocycles. The van der Waals surface area contributed by atoms with Crippen LogP contribution in [-0.4, -0.2) is 9.55 Å². The molecule has 0 aliphatic carbocycles. The van der Waals surface area contributed by atoms with Crippen molar-refractivity contribution in [2.24, 2.45) is 0 Å². The van der Waals surface area contributed by atoms with Gasteiger partial charge in [0.1, 0.15) is 5.82 Å². The van der Waals surface area contributed by atoms with Crippen LogP contribution in [0.15, 0.2) is 60.7 Å². The Hall–Kier alpha value is -2.35. The van der Waals surface area contributed by atoms with Gasteiger partial charge in [-0.05, 0) is 13.8 Å². The zero-order valence-electron chi connectivity index (χ0n) is 11.9. The molecule has 0 atom stereocenters. The first kappa shape index (κ1) is 12.7. The van der Waals surface area contributed by atoms with E-state index >= 15 is 0 Å². The van der Waals surface area contributed by atoms with Crippen LogP contribution in [-0.2, 0) is 6.54 Å². The van der Waals surface area contributed by atoms with E-state index in [1.807, 2.05) is 12.1 Å². The molecule has 0 saturated heterocycles. The molecular weight excluding hydrogens is 244 g/mol. The topological polar surface area (TPSA) is 17.8 Å². The van der Waals surface area contributed by atoms with Gasteiger partial charge in [0, 0.05) is 23.4 Å². The zero-order chi connectivity index (χ0) is 13.9. The third-order valence-corrected chi connectivity index (χ3v) is 3.62. The number of benzene rings is 2. The first-order valence-corrected chi connectivity index (χ1v) is 6.99. The molecule has 100 valence electrons. The van der Waals surface area contributed by atoms with E-state index in [0.717, 1.165) is 18.1 Å². The zero-order valence-corrected chi connectivity index (χ0v) is 11.9. The predicted octanol–water partition coefficient (Wildman–Crippen LogP) is 4.55. The summed E-state index contributed by atoms with van der Waals surface area (Å²) < 4.78 is 2.28. The first-order valence-electron chi connectivity index (χ1n) is 6.99. The lowest BCUT2D eigenvalue weighted by Gasteiger charge is -2.06. The van der Waals surface area contributed by atoms with Gasteiger partial charge in [0.2, 0.25) is 0 Å². The highest BCUT2D eigenvalue weighted by Gasteiger charge is 2.15. The summed E-state index contributed by atoms with van der Waals surface area (Å²) in [4.78, 5) is 4.88. The van der Waals surface area contributed by atoms with Crippen molar-refractivity contribution in [3.63, 3.8) is 0 Å². The second-order valence-corrected chi connectivity index (χ2v) is 4.85. The second kappa shape index (κ2) is 5.33. The quantitative estimate of drug-likeness (QED) is 0.677. The maximum Gasteiger partial charge on any atom is 0.140 e. The minimum absolute atomic E-state index is 0.926. The van der Waals surface area contributed by atoms with E-state index in [2.05, 4.69) is 66.9 Å². The molecule has 0 aliphatic rings. The molecule has 0 amide bonds. The van der Waals surface area contributed by atoms with E-state index in [0.29, 0.717) is 0 Å². The highest BCUT2D eigenvalue weighted by atomic mass is 15.1. The minimum atomic E-state index is 0.926. The van der Waals surface area contributed by atoms with Crippen molar-refractivity contribution in [3.05, 3.63) is 66.4 Å². The molecule has 0 radical (unpaired) electrons.